The second kappa shape index (κ2) is 5.29. The van der Waals surface area contributed by atoms with Gasteiger partial charge in [0.05, 0.1) is 5.69 Å². The van der Waals surface area contributed by atoms with Crippen molar-refractivity contribution in [1.82, 2.24) is 14.5 Å². The molecule has 4 heteroatoms. The lowest BCUT2D eigenvalue weighted by atomic mass is 10.1. The SMILES string of the molecule is Cc1nc(CC(C)C)nc2c1c(CN)cn2C(C)C. The van der Waals surface area contributed by atoms with E-state index in [4.69, 9.17) is 10.7 Å². The third-order valence-corrected chi connectivity index (χ3v) is 3.34. The third-order valence-electron chi connectivity index (χ3n) is 3.34. The molecule has 4 nitrogen and oxygen atoms in total. The van der Waals surface area contributed by atoms with Gasteiger partial charge in [-0.05, 0) is 32.3 Å². The first-order chi connectivity index (χ1) is 8.93. The van der Waals surface area contributed by atoms with Crippen LogP contribution in [0.5, 0.6) is 0 Å². The molecule has 0 saturated heterocycles. The Bertz CT molecular complexity index is 581. The molecule has 0 aliphatic heterocycles. The van der Waals surface area contributed by atoms with Crippen LogP contribution in [0.4, 0.5) is 0 Å². The molecule has 0 bridgehead atoms. The van der Waals surface area contributed by atoms with Crippen LogP contribution in [-0.4, -0.2) is 14.5 Å². The molecule has 2 aromatic heterocycles. The van der Waals surface area contributed by atoms with Gasteiger partial charge < -0.3 is 10.3 Å². The van der Waals surface area contributed by atoms with E-state index in [0.717, 1.165) is 34.5 Å². The fraction of sp³-hybridized carbons (Fsp3) is 0.600. The normalized spacial score (nSPS) is 12.0. The number of hydrogen-bond acceptors (Lipinski definition) is 3. The molecule has 0 aliphatic carbocycles. The highest BCUT2D eigenvalue weighted by Crippen LogP contribution is 2.25. The zero-order chi connectivity index (χ0) is 14.2. The van der Waals surface area contributed by atoms with Gasteiger partial charge in [0.15, 0.2) is 0 Å². The third kappa shape index (κ3) is 2.63. The van der Waals surface area contributed by atoms with E-state index < -0.39 is 0 Å². The van der Waals surface area contributed by atoms with Crippen LogP contribution in [0.3, 0.4) is 0 Å². The van der Waals surface area contributed by atoms with Crippen molar-refractivity contribution in [3.8, 4) is 0 Å². The quantitative estimate of drug-likeness (QED) is 0.919. The van der Waals surface area contributed by atoms with Crippen LogP contribution in [-0.2, 0) is 13.0 Å². The number of nitrogens with two attached hydrogens (primary N) is 1. The first-order valence-electron chi connectivity index (χ1n) is 7.01. The Morgan fingerprint density at radius 1 is 1.21 bits per heavy atom. The van der Waals surface area contributed by atoms with E-state index >= 15 is 0 Å². The van der Waals surface area contributed by atoms with Gasteiger partial charge in [-0.25, -0.2) is 9.97 Å². The molecule has 0 aromatic carbocycles. The van der Waals surface area contributed by atoms with Crippen LogP contribution in [0.15, 0.2) is 6.20 Å². The van der Waals surface area contributed by atoms with Crippen molar-refractivity contribution < 1.29 is 0 Å². The minimum Gasteiger partial charge on any atom is -0.330 e. The van der Waals surface area contributed by atoms with E-state index in [9.17, 15) is 0 Å². The van der Waals surface area contributed by atoms with Crippen molar-refractivity contribution >= 4 is 11.0 Å². The van der Waals surface area contributed by atoms with Crippen LogP contribution in [0.2, 0.25) is 0 Å². The Kier molecular flexibility index (Phi) is 3.90. The molecule has 2 aromatic rings. The maximum absolute atomic E-state index is 5.85. The summed E-state index contributed by atoms with van der Waals surface area (Å²) in [5.41, 5.74) is 9.05. The van der Waals surface area contributed by atoms with Gasteiger partial charge in [0, 0.05) is 30.6 Å². The monoisotopic (exact) mass is 260 g/mol. The van der Waals surface area contributed by atoms with Crippen molar-refractivity contribution in [1.29, 1.82) is 0 Å². The van der Waals surface area contributed by atoms with Gasteiger partial charge in [0.1, 0.15) is 11.5 Å². The molecule has 0 radical (unpaired) electrons. The van der Waals surface area contributed by atoms with Crippen molar-refractivity contribution in [2.45, 2.75) is 53.6 Å². The molecule has 2 heterocycles. The highest BCUT2D eigenvalue weighted by atomic mass is 15.1. The van der Waals surface area contributed by atoms with E-state index in [-0.39, 0.29) is 0 Å². The summed E-state index contributed by atoms with van der Waals surface area (Å²) >= 11 is 0. The minimum atomic E-state index is 0.379. The first-order valence-corrected chi connectivity index (χ1v) is 7.01. The fourth-order valence-electron chi connectivity index (χ4n) is 2.48. The van der Waals surface area contributed by atoms with Gasteiger partial charge in [0.2, 0.25) is 0 Å². The van der Waals surface area contributed by atoms with Gasteiger partial charge in [-0.1, -0.05) is 13.8 Å². The van der Waals surface area contributed by atoms with Crippen molar-refractivity contribution in [2.24, 2.45) is 11.7 Å². The van der Waals surface area contributed by atoms with Crippen LogP contribution in [0, 0.1) is 12.8 Å². The minimum absolute atomic E-state index is 0.379. The highest BCUT2D eigenvalue weighted by molar-refractivity contribution is 5.83. The molecule has 19 heavy (non-hydrogen) atoms. The van der Waals surface area contributed by atoms with Crippen molar-refractivity contribution in [3.63, 3.8) is 0 Å². The summed E-state index contributed by atoms with van der Waals surface area (Å²) in [6.07, 6.45) is 3.04. The molecule has 0 spiro atoms. The fourth-order valence-corrected chi connectivity index (χ4v) is 2.48. The zero-order valence-electron chi connectivity index (χ0n) is 12.6. The molecule has 0 amide bonds. The number of fused-ring (bicyclic) bond motifs is 1. The topological polar surface area (TPSA) is 56.7 Å². The number of nitrogens with zero attached hydrogens (tertiary/aromatic N) is 3. The summed E-state index contributed by atoms with van der Waals surface area (Å²) in [7, 11) is 0. The zero-order valence-corrected chi connectivity index (χ0v) is 12.6. The lowest BCUT2D eigenvalue weighted by Gasteiger charge is -2.10. The Labute approximate surface area is 115 Å². The standard InChI is InChI=1S/C15H24N4/c1-9(2)6-13-17-11(5)14-12(7-16)8-19(10(3)4)15(14)18-13/h8-10H,6-7,16H2,1-5H3. The summed E-state index contributed by atoms with van der Waals surface area (Å²) < 4.78 is 2.20. The summed E-state index contributed by atoms with van der Waals surface area (Å²) in [5.74, 6) is 1.50. The summed E-state index contributed by atoms with van der Waals surface area (Å²) in [6.45, 7) is 11.3. The van der Waals surface area contributed by atoms with Crippen molar-refractivity contribution in [2.75, 3.05) is 0 Å². The van der Waals surface area contributed by atoms with Gasteiger partial charge in [-0.15, -0.1) is 0 Å². The lowest BCUT2D eigenvalue weighted by Crippen LogP contribution is -2.06. The Hall–Kier alpha value is -1.42. The van der Waals surface area contributed by atoms with E-state index in [1.165, 1.54) is 0 Å². The van der Waals surface area contributed by atoms with E-state index in [2.05, 4.69) is 50.4 Å². The average molecular weight is 260 g/mol. The Morgan fingerprint density at radius 3 is 2.42 bits per heavy atom. The number of aryl methyl sites for hydroxylation is 1. The van der Waals surface area contributed by atoms with Crippen LogP contribution in [0.1, 0.15) is 50.8 Å². The lowest BCUT2D eigenvalue weighted by molar-refractivity contribution is 0.602. The molecule has 2 N–H and O–H groups in total. The van der Waals surface area contributed by atoms with E-state index in [1.807, 2.05) is 0 Å². The van der Waals surface area contributed by atoms with Gasteiger partial charge in [-0.3, -0.25) is 0 Å². The molecule has 0 aliphatic rings. The second-order valence-corrected chi connectivity index (χ2v) is 5.88. The van der Waals surface area contributed by atoms with E-state index in [1.54, 1.807) is 0 Å². The van der Waals surface area contributed by atoms with Crippen LogP contribution < -0.4 is 5.73 Å². The molecule has 0 unspecified atom stereocenters. The second-order valence-electron chi connectivity index (χ2n) is 5.88. The van der Waals surface area contributed by atoms with E-state index in [0.29, 0.717) is 18.5 Å². The summed E-state index contributed by atoms with van der Waals surface area (Å²) in [6, 6.07) is 0.379. The Morgan fingerprint density at radius 2 is 1.89 bits per heavy atom. The molecule has 104 valence electrons. The number of hydrogen-bond donors (Lipinski definition) is 1. The molecule has 2 rings (SSSR count). The van der Waals surface area contributed by atoms with Crippen molar-refractivity contribution in [3.05, 3.63) is 23.3 Å². The predicted octanol–water partition coefficient (Wildman–Crippen LogP) is 2.98. The smallest absolute Gasteiger partial charge is 0.144 e. The summed E-state index contributed by atoms with van der Waals surface area (Å²) in [4.78, 5) is 9.41. The Balaban J connectivity index is 2.67. The maximum atomic E-state index is 5.85. The largest absolute Gasteiger partial charge is 0.330 e. The molecule has 0 saturated carbocycles. The summed E-state index contributed by atoms with van der Waals surface area (Å²) in [5, 5.41) is 1.13. The predicted molar refractivity (Wildman–Crippen MR) is 79.1 cm³/mol. The number of rotatable bonds is 4. The van der Waals surface area contributed by atoms with Gasteiger partial charge >= 0.3 is 0 Å². The molecule has 0 atom stereocenters. The maximum Gasteiger partial charge on any atom is 0.144 e. The first kappa shape index (κ1) is 14.0. The molecule has 0 fully saturated rings. The van der Waals surface area contributed by atoms with Crippen LogP contribution in [0.25, 0.3) is 11.0 Å². The highest BCUT2D eigenvalue weighted by Gasteiger charge is 2.15. The van der Waals surface area contributed by atoms with Crippen LogP contribution >= 0.6 is 0 Å². The average Bonchev–Trinajstić information content (AvgIpc) is 2.67. The number of aromatic nitrogens is 3. The molecular weight excluding hydrogens is 236 g/mol. The molecular formula is C15H24N4. The van der Waals surface area contributed by atoms with Gasteiger partial charge in [-0.2, -0.15) is 0 Å². The van der Waals surface area contributed by atoms with Gasteiger partial charge in [0.25, 0.3) is 0 Å².